The maximum atomic E-state index is 13.0. The highest BCUT2D eigenvalue weighted by atomic mass is 16.6. The van der Waals surface area contributed by atoms with E-state index in [-0.39, 0.29) is 36.5 Å². The second-order valence-corrected chi connectivity index (χ2v) is 9.91. The summed E-state index contributed by atoms with van der Waals surface area (Å²) in [5, 5.41) is 24.5. The highest BCUT2D eigenvalue weighted by molar-refractivity contribution is 5.90. The van der Waals surface area contributed by atoms with E-state index in [9.17, 15) is 34.6 Å². The van der Waals surface area contributed by atoms with Gasteiger partial charge in [-0.05, 0) is 61.6 Å². The van der Waals surface area contributed by atoms with Crippen LogP contribution in [0, 0.1) is 20.2 Å². The van der Waals surface area contributed by atoms with Gasteiger partial charge in [0.2, 0.25) is 5.91 Å². The molecule has 4 rings (SSSR count). The summed E-state index contributed by atoms with van der Waals surface area (Å²) in [5.41, 5.74) is 1.05. The van der Waals surface area contributed by atoms with E-state index in [4.69, 9.17) is 9.47 Å². The lowest BCUT2D eigenvalue weighted by atomic mass is 10.2. The number of hydrogen-bond acceptors (Lipinski definition) is 9. The summed E-state index contributed by atoms with van der Waals surface area (Å²) in [7, 11) is 0. The summed E-state index contributed by atoms with van der Waals surface area (Å²) in [6.07, 6.45) is 0.334. The van der Waals surface area contributed by atoms with Gasteiger partial charge in [-0.3, -0.25) is 29.9 Å². The Bertz CT molecular complexity index is 1360. The number of rotatable bonds is 8. The summed E-state index contributed by atoms with van der Waals surface area (Å²) < 4.78 is 10.5. The Morgan fingerprint density at radius 2 is 1.48 bits per heavy atom. The van der Waals surface area contributed by atoms with E-state index in [0.29, 0.717) is 55.9 Å². The maximum absolute atomic E-state index is 13.0. The van der Waals surface area contributed by atoms with Crippen molar-refractivity contribution in [3.63, 3.8) is 0 Å². The minimum Gasteiger partial charge on any atom is -0.445 e. The van der Waals surface area contributed by atoms with Crippen LogP contribution in [0.25, 0.3) is 0 Å². The molecule has 0 bridgehead atoms. The number of non-ortho nitro benzene ring substituents is 2. The first-order chi connectivity index (χ1) is 20.1. The van der Waals surface area contributed by atoms with Crippen LogP contribution >= 0.6 is 0 Å². The minimum absolute atomic E-state index is 0.0603. The monoisotopic (exact) mass is 582 g/mol. The van der Waals surface area contributed by atoms with Gasteiger partial charge in [0.15, 0.2) is 0 Å². The molecule has 2 heterocycles. The van der Waals surface area contributed by atoms with E-state index < -0.39 is 28.1 Å². The van der Waals surface area contributed by atoms with Gasteiger partial charge in [0.1, 0.15) is 25.1 Å². The lowest BCUT2D eigenvalue weighted by Gasteiger charge is -2.25. The third-order valence-electron chi connectivity index (χ3n) is 7.05. The van der Waals surface area contributed by atoms with Crippen molar-refractivity contribution >= 4 is 35.3 Å². The first kappa shape index (κ1) is 29.9. The van der Waals surface area contributed by atoms with Crippen LogP contribution in [0.5, 0.6) is 0 Å². The molecule has 222 valence electrons. The van der Waals surface area contributed by atoms with Crippen LogP contribution in [-0.2, 0) is 27.5 Å². The van der Waals surface area contributed by atoms with Crippen molar-refractivity contribution in [1.29, 1.82) is 0 Å². The van der Waals surface area contributed by atoms with Crippen molar-refractivity contribution in [3.05, 3.63) is 79.9 Å². The number of amides is 3. The van der Waals surface area contributed by atoms with Gasteiger partial charge in [0.05, 0.1) is 9.85 Å². The molecule has 2 atom stereocenters. The summed E-state index contributed by atoms with van der Waals surface area (Å²) in [6, 6.07) is 10.4. The van der Waals surface area contributed by atoms with Crippen LogP contribution in [0.3, 0.4) is 0 Å². The van der Waals surface area contributed by atoms with E-state index in [1.54, 1.807) is 6.92 Å². The van der Waals surface area contributed by atoms with Crippen LogP contribution < -0.4 is 5.32 Å². The Labute approximate surface area is 240 Å². The van der Waals surface area contributed by atoms with Crippen molar-refractivity contribution in [2.24, 2.45) is 4.99 Å². The normalized spacial score (nSPS) is 18.5. The Morgan fingerprint density at radius 3 is 2.05 bits per heavy atom. The number of aliphatic imine (C=N–C) groups is 1. The van der Waals surface area contributed by atoms with E-state index in [0.717, 1.165) is 0 Å². The van der Waals surface area contributed by atoms with Crippen LogP contribution in [-0.4, -0.2) is 75.3 Å². The van der Waals surface area contributed by atoms with Gasteiger partial charge >= 0.3 is 12.2 Å². The van der Waals surface area contributed by atoms with Crippen LogP contribution in [0.1, 0.15) is 37.3 Å². The molecule has 2 unspecified atom stereocenters. The molecule has 2 aliphatic rings. The van der Waals surface area contributed by atoms with E-state index in [1.165, 1.54) is 53.4 Å². The van der Waals surface area contributed by atoms with Crippen molar-refractivity contribution < 1.29 is 33.7 Å². The molecule has 2 aromatic carbocycles. The van der Waals surface area contributed by atoms with Gasteiger partial charge in [-0.1, -0.05) is 0 Å². The fourth-order valence-electron chi connectivity index (χ4n) is 4.76. The van der Waals surface area contributed by atoms with Crippen molar-refractivity contribution in [1.82, 2.24) is 15.1 Å². The molecule has 0 aliphatic carbocycles. The zero-order chi connectivity index (χ0) is 30.2. The third-order valence-corrected chi connectivity index (χ3v) is 7.05. The number of benzene rings is 2. The van der Waals surface area contributed by atoms with Crippen LogP contribution in [0.15, 0.2) is 53.5 Å². The number of nitro groups is 2. The first-order valence-electron chi connectivity index (χ1n) is 13.3. The van der Waals surface area contributed by atoms with Gasteiger partial charge < -0.3 is 19.7 Å². The molecule has 2 aromatic rings. The average molecular weight is 583 g/mol. The standard InChI is InChI=1S/C27H30N6O9/c1-18(28-26(35)41-16-19-4-8-22(9-5-19)32(37)38)30-14-12-21(15-30)29-25(34)24-3-2-13-31(24)27(36)42-17-20-6-10-23(11-7-20)33(39)40/h4-11,21,24H,2-3,12-17H2,1H3,(H,29,34). The number of carbonyl (C=O) groups excluding carboxylic acids is 3. The Hall–Kier alpha value is -5.08. The van der Waals surface area contributed by atoms with Crippen LogP contribution in [0.4, 0.5) is 21.0 Å². The number of ether oxygens (including phenoxy) is 2. The van der Waals surface area contributed by atoms with E-state index >= 15 is 0 Å². The number of nitro benzene ring substituents is 2. The van der Waals surface area contributed by atoms with Gasteiger partial charge in [0.25, 0.3) is 11.4 Å². The smallest absolute Gasteiger partial charge is 0.435 e. The summed E-state index contributed by atoms with van der Waals surface area (Å²) in [5.74, 6) is 0.140. The number of likely N-dealkylation sites (tertiary alicyclic amines) is 2. The molecule has 1 N–H and O–H groups in total. The minimum atomic E-state index is -0.799. The second-order valence-electron chi connectivity index (χ2n) is 9.91. The SMILES string of the molecule is CC(=NC(=O)OCc1ccc([N+](=O)[O-])cc1)N1CCC(NC(=O)C2CCCN2C(=O)OCc2ccc([N+](=O)[O-])cc2)C1. The Balaban J connectivity index is 1.22. The predicted molar refractivity (Wildman–Crippen MR) is 148 cm³/mol. The third kappa shape index (κ3) is 7.77. The molecular weight excluding hydrogens is 552 g/mol. The zero-order valence-electron chi connectivity index (χ0n) is 22.8. The lowest BCUT2D eigenvalue weighted by Crippen LogP contribution is -2.49. The topological polar surface area (TPSA) is 187 Å². The molecule has 0 aromatic heterocycles. The molecule has 2 fully saturated rings. The molecule has 3 amide bonds. The van der Waals surface area contributed by atoms with Crippen LogP contribution in [0.2, 0.25) is 0 Å². The first-order valence-corrected chi connectivity index (χ1v) is 13.3. The molecule has 2 aliphatic heterocycles. The fraction of sp³-hybridized carbons (Fsp3) is 0.407. The van der Waals surface area contributed by atoms with Gasteiger partial charge in [-0.15, -0.1) is 0 Å². The van der Waals surface area contributed by atoms with Gasteiger partial charge in [-0.25, -0.2) is 9.59 Å². The molecule has 2 saturated heterocycles. The summed E-state index contributed by atoms with van der Waals surface area (Å²) in [6.45, 7) is 2.86. The molecule has 15 heteroatoms. The highest BCUT2D eigenvalue weighted by Gasteiger charge is 2.37. The maximum Gasteiger partial charge on any atom is 0.435 e. The number of hydrogen-bond donors (Lipinski definition) is 1. The summed E-state index contributed by atoms with van der Waals surface area (Å²) >= 11 is 0. The predicted octanol–water partition coefficient (Wildman–Crippen LogP) is 3.55. The van der Waals surface area contributed by atoms with E-state index in [1.807, 2.05) is 4.90 Å². The second kappa shape index (κ2) is 13.5. The summed E-state index contributed by atoms with van der Waals surface area (Å²) in [4.78, 5) is 65.6. The van der Waals surface area contributed by atoms with E-state index in [2.05, 4.69) is 10.3 Å². The fourth-order valence-corrected chi connectivity index (χ4v) is 4.76. The molecular formula is C27H30N6O9. The Morgan fingerprint density at radius 1 is 0.905 bits per heavy atom. The number of amidine groups is 1. The molecule has 0 radical (unpaired) electrons. The lowest BCUT2D eigenvalue weighted by molar-refractivity contribution is -0.385. The molecule has 42 heavy (non-hydrogen) atoms. The average Bonchev–Trinajstić information content (AvgIpc) is 3.66. The molecule has 0 spiro atoms. The molecule has 0 saturated carbocycles. The Kier molecular flexibility index (Phi) is 9.62. The highest BCUT2D eigenvalue weighted by Crippen LogP contribution is 2.21. The number of nitrogens with one attached hydrogen (secondary N) is 1. The molecule has 15 nitrogen and oxygen atoms in total. The quantitative estimate of drug-likeness (QED) is 0.209. The zero-order valence-corrected chi connectivity index (χ0v) is 22.8. The van der Waals surface area contributed by atoms with Crippen molar-refractivity contribution in [2.75, 3.05) is 19.6 Å². The van der Waals surface area contributed by atoms with Crippen molar-refractivity contribution in [3.8, 4) is 0 Å². The number of nitrogens with zero attached hydrogens (tertiary/aromatic N) is 5. The van der Waals surface area contributed by atoms with Gasteiger partial charge in [-0.2, -0.15) is 4.99 Å². The largest absolute Gasteiger partial charge is 0.445 e. The van der Waals surface area contributed by atoms with Gasteiger partial charge in [0, 0.05) is 49.9 Å². The number of carbonyl (C=O) groups is 3. The van der Waals surface area contributed by atoms with Crippen molar-refractivity contribution in [2.45, 2.75) is 51.5 Å².